The lowest BCUT2D eigenvalue weighted by atomic mass is 10.0. The minimum Gasteiger partial charge on any atom is -0.383 e. The number of hydrogen-bond acceptors (Lipinski definition) is 3. The average Bonchev–Trinajstić information content (AvgIpc) is 2.31. The molecule has 0 saturated carbocycles. The highest BCUT2D eigenvalue weighted by Gasteiger charge is 2.12. The molecule has 0 radical (unpaired) electrons. The monoisotopic (exact) mass is 254 g/mol. The van der Waals surface area contributed by atoms with Crippen LogP contribution in [-0.4, -0.2) is 32.8 Å². The Balaban J connectivity index is 2.96. The summed E-state index contributed by atoms with van der Waals surface area (Å²) in [6, 6.07) is 4.92. The molecule has 0 spiro atoms. The first-order valence-electron chi connectivity index (χ1n) is 6.36. The van der Waals surface area contributed by atoms with Crippen LogP contribution in [0.4, 0.5) is 10.1 Å². The molecule has 1 unspecified atom stereocenters. The summed E-state index contributed by atoms with van der Waals surface area (Å²) in [4.78, 5) is 2.18. The Bertz CT molecular complexity index is 369. The fraction of sp³-hybridized carbons (Fsp3) is 0.571. The van der Waals surface area contributed by atoms with Gasteiger partial charge in [-0.05, 0) is 44.0 Å². The highest BCUT2D eigenvalue weighted by atomic mass is 19.1. The van der Waals surface area contributed by atoms with Crippen LogP contribution in [0, 0.1) is 5.82 Å². The van der Waals surface area contributed by atoms with Crippen LogP contribution in [0.1, 0.15) is 19.4 Å². The maximum Gasteiger partial charge on any atom is 0.123 e. The molecule has 0 amide bonds. The van der Waals surface area contributed by atoms with Gasteiger partial charge in [-0.2, -0.15) is 0 Å². The number of nitrogens with zero attached hydrogens (tertiary/aromatic N) is 1. The largest absolute Gasteiger partial charge is 0.383 e. The van der Waals surface area contributed by atoms with E-state index in [0.29, 0.717) is 13.0 Å². The van der Waals surface area contributed by atoms with E-state index >= 15 is 0 Å². The molecule has 0 aliphatic heterocycles. The summed E-state index contributed by atoms with van der Waals surface area (Å²) in [6.07, 6.45) is 0.677. The minimum absolute atomic E-state index is 0.0201. The number of halogens is 1. The third kappa shape index (κ3) is 4.27. The molecule has 2 N–H and O–H groups in total. The second kappa shape index (κ2) is 7.34. The molecular weight excluding hydrogens is 231 g/mol. The van der Waals surface area contributed by atoms with Gasteiger partial charge >= 0.3 is 0 Å². The van der Waals surface area contributed by atoms with Crippen LogP contribution in [0.3, 0.4) is 0 Å². The molecule has 0 fully saturated rings. The van der Waals surface area contributed by atoms with Gasteiger partial charge in [-0.15, -0.1) is 0 Å². The number of benzene rings is 1. The van der Waals surface area contributed by atoms with E-state index < -0.39 is 0 Å². The lowest BCUT2D eigenvalue weighted by Crippen LogP contribution is -2.29. The lowest BCUT2D eigenvalue weighted by Gasteiger charge is -2.26. The first kappa shape index (κ1) is 14.9. The quantitative estimate of drug-likeness (QED) is 0.810. The number of ether oxygens (including phenoxy) is 1. The van der Waals surface area contributed by atoms with Crippen molar-refractivity contribution in [3.8, 4) is 0 Å². The van der Waals surface area contributed by atoms with Crippen molar-refractivity contribution in [2.75, 3.05) is 31.7 Å². The van der Waals surface area contributed by atoms with E-state index in [2.05, 4.69) is 11.8 Å². The zero-order chi connectivity index (χ0) is 13.5. The van der Waals surface area contributed by atoms with Crippen LogP contribution < -0.4 is 10.6 Å². The second-order valence-electron chi connectivity index (χ2n) is 4.53. The van der Waals surface area contributed by atoms with E-state index in [1.165, 1.54) is 6.07 Å². The Hall–Kier alpha value is -1.13. The first-order valence-corrected chi connectivity index (χ1v) is 6.36. The van der Waals surface area contributed by atoms with Crippen LogP contribution in [-0.2, 0) is 11.2 Å². The molecule has 1 aromatic carbocycles. The summed E-state index contributed by atoms with van der Waals surface area (Å²) >= 11 is 0. The van der Waals surface area contributed by atoms with Crippen molar-refractivity contribution in [3.05, 3.63) is 29.6 Å². The van der Waals surface area contributed by atoms with Gasteiger partial charge < -0.3 is 15.4 Å². The molecule has 0 aliphatic rings. The molecule has 0 aliphatic carbocycles. The third-order valence-corrected chi connectivity index (χ3v) is 2.87. The molecule has 1 aromatic rings. The molecule has 102 valence electrons. The number of anilines is 1. The molecule has 1 rings (SSSR count). The topological polar surface area (TPSA) is 38.5 Å². The van der Waals surface area contributed by atoms with Crippen molar-refractivity contribution in [3.63, 3.8) is 0 Å². The third-order valence-electron chi connectivity index (χ3n) is 2.87. The smallest absolute Gasteiger partial charge is 0.123 e. The van der Waals surface area contributed by atoms with Gasteiger partial charge in [-0.25, -0.2) is 4.39 Å². The van der Waals surface area contributed by atoms with Gasteiger partial charge in [0.1, 0.15) is 5.82 Å². The van der Waals surface area contributed by atoms with E-state index in [9.17, 15) is 4.39 Å². The molecule has 0 aromatic heterocycles. The molecule has 18 heavy (non-hydrogen) atoms. The van der Waals surface area contributed by atoms with Crippen molar-refractivity contribution in [2.24, 2.45) is 5.73 Å². The molecule has 0 bridgehead atoms. The summed E-state index contributed by atoms with van der Waals surface area (Å²) in [5.74, 6) is -0.211. The number of likely N-dealkylation sites (N-methyl/N-ethyl adjacent to an activating group) is 1. The zero-order valence-electron chi connectivity index (χ0n) is 11.4. The van der Waals surface area contributed by atoms with Crippen LogP contribution in [0.2, 0.25) is 0 Å². The fourth-order valence-electron chi connectivity index (χ4n) is 2.02. The van der Waals surface area contributed by atoms with E-state index in [1.807, 2.05) is 13.0 Å². The van der Waals surface area contributed by atoms with Crippen molar-refractivity contribution < 1.29 is 9.13 Å². The van der Waals surface area contributed by atoms with Gasteiger partial charge in [-0.3, -0.25) is 0 Å². The van der Waals surface area contributed by atoms with Gasteiger partial charge in [0.25, 0.3) is 0 Å². The second-order valence-corrected chi connectivity index (χ2v) is 4.53. The molecule has 4 heteroatoms. The van der Waals surface area contributed by atoms with E-state index in [1.54, 1.807) is 13.2 Å². The summed E-state index contributed by atoms with van der Waals surface area (Å²) in [5, 5.41) is 0. The van der Waals surface area contributed by atoms with E-state index in [-0.39, 0.29) is 11.9 Å². The summed E-state index contributed by atoms with van der Waals surface area (Å²) < 4.78 is 18.4. The van der Waals surface area contributed by atoms with Crippen LogP contribution in [0.15, 0.2) is 18.2 Å². The van der Waals surface area contributed by atoms with Gasteiger partial charge in [-0.1, -0.05) is 0 Å². The van der Waals surface area contributed by atoms with Crippen molar-refractivity contribution in [2.45, 2.75) is 26.3 Å². The first-order chi connectivity index (χ1) is 8.58. The highest BCUT2D eigenvalue weighted by molar-refractivity contribution is 5.54. The van der Waals surface area contributed by atoms with Gasteiger partial charge in [0.15, 0.2) is 0 Å². The van der Waals surface area contributed by atoms with E-state index in [4.69, 9.17) is 10.5 Å². The Labute approximate surface area is 109 Å². The molecule has 0 heterocycles. The summed E-state index contributed by atoms with van der Waals surface area (Å²) in [5.41, 5.74) is 7.83. The molecule has 0 saturated heterocycles. The molecule has 1 atom stereocenters. The van der Waals surface area contributed by atoms with Gasteiger partial charge in [0.05, 0.1) is 6.61 Å². The predicted octanol–water partition coefficient (Wildman–Crippen LogP) is 2.19. The summed E-state index contributed by atoms with van der Waals surface area (Å²) in [6.45, 7) is 6.32. The zero-order valence-corrected chi connectivity index (χ0v) is 11.4. The minimum atomic E-state index is -0.211. The van der Waals surface area contributed by atoms with Crippen molar-refractivity contribution in [1.82, 2.24) is 0 Å². The van der Waals surface area contributed by atoms with E-state index in [0.717, 1.165) is 24.3 Å². The van der Waals surface area contributed by atoms with Crippen molar-refractivity contribution in [1.29, 1.82) is 0 Å². The average molecular weight is 254 g/mol. The Kier molecular flexibility index (Phi) is 6.09. The fourth-order valence-corrected chi connectivity index (χ4v) is 2.02. The SMILES string of the molecule is CCN(CCOC)c1ccc(F)cc1CC(C)N. The lowest BCUT2D eigenvalue weighted by molar-refractivity contribution is 0.205. The van der Waals surface area contributed by atoms with Crippen molar-refractivity contribution >= 4 is 5.69 Å². The Morgan fingerprint density at radius 2 is 2.17 bits per heavy atom. The predicted molar refractivity (Wildman–Crippen MR) is 73.5 cm³/mol. The Morgan fingerprint density at radius 3 is 2.72 bits per heavy atom. The molecule has 3 nitrogen and oxygen atoms in total. The van der Waals surface area contributed by atoms with Crippen LogP contribution in [0.25, 0.3) is 0 Å². The maximum atomic E-state index is 13.3. The normalized spacial score (nSPS) is 12.5. The van der Waals surface area contributed by atoms with Crippen LogP contribution in [0.5, 0.6) is 0 Å². The summed E-state index contributed by atoms with van der Waals surface area (Å²) in [7, 11) is 1.68. The molecular formula is C14H23FN2O. The number of methoxy groups -OCH3 is 1. The number of rotatable bonds is 7. The van der Waals surface area contributed by atoms with Gasteiger partial charge in [0.2, 0.25) is 0 Å². The van der Waals surface area contributed by atoms with Crippen LogP contribution >= 0.6 is 0 Å². The van der Waals surface area contributed by atoms with Gasteiger partial charge in [0, 0.05) is 31.9 Å². The number of hydrogen-bond donors (Lipinski definition) is 1. The standard InChI is InChI=1S/C14H23FN2O/c1-4-17(7-8-18-3)14-6-5-13(15)10-12(14)9-11(2)16/h5-6,10-11H,4,7-9,16H2,1-3H3. The number of nitrogens with two attached hydrogens (primary N) is 1. The highest BCUT2D eigenvalue weighted by Crippen LogP contribution is 2.22. The maximum absolute atomic E-state index is 13.3. The Morgan fingerprint density at radius 1 is 1.44 bits per heavy atom.